The van der Waals surface area contributed by atoms with Crippen LogP contribution in [0.3, 0.4) is 0 Å². The molecule has 2 rings (SSSR count). The third-order valence-electron chi connectivity index (χ3n) is 4.55. The van der Waals surface area contributed by atoms with E-state index in [2.05, 4.69) is 0 Å². The number of sulfonamides is 1. The molecule has 1 heterocycles. The van der Waals surface area contributed by atoms with Gasteiger partial charge in [0.15, 0.2) is 0 Å². The maximum Gasteiger partial charge on any atom is 0.237 e. The zero-order chi connectivity index (χ0) is 13.9. The largest absolute Gasteiger partial charge is 0.274 e. The van der Waals surface area contributed by atoms with Crippen LogP contribution >= 0.6 is 0 Å². The topological polar surface area (TPSA) is 54.5 Å². The molecule has 1 aliphatic carbocycles. The molecule has 0 spiro atoms. The SMILES string of the molecule is CCS(=O)(=O)N1C(=O)CCCCC1C1CCCCC1. The highest BCUT2D eigenvalue weighted by atomic mass is 32.2. The standard InChI is InChI=1S/C14H25NO3S/c1-2-19(17,18)15-13(10-6-7-11-14(15)16)12-8-4-3-5-9-12/h12-13H,2-11H2,1H3. The van der Waals surface area contributed by atoms with E-state index in [-0.39, 0.29) is 17.7 Å². The molecular weight excluding hydrogens is 262 g/mol. The van der Waals surface area contributed by atoms with Gasteiger partial charge in [-0.15, -0.1) is 0 Å². The number of amides is 1. The first-order valence-corrected chi connectivity index (χ1v) is 9.22. The average Bonchev–Trinajstić information content (AvgIpc) is 2.62. The lowest BCUT2D eigenvalue weighted by molar-refractivity contribution is -0.128. The number of carbonyl (C=O) groups excluding carboxylic acids is 1. The summed E-state index contributed by atoms with van der Waals surface area (Å²) in [5.41, 5.74) is 0. The van der Waals surface area contributed by atoms with E-state index < -0.39 is 10.0 Å². The first kappa shape index (κ1) is 14.8. The highest BCUT2D eigenvalue weighted by Crippen LogP contribution is 2.34. The van der Waals surface area contributed by atoms with Crippen LogP contribution in [-0.4, -0.2) is 30.4 Å². The van der Waals surface area contributed by atoms with Crippen molar-refractivity contribution in [1.29, 1.82) is 0 Å². The molecule has 0 radical (unpaired) electrons. The van der Waals surface area contributed by atoms with Crippen molar-refractivity contribution < 1.29 is 13.2 Å². The van der Waals surface area contributed by atoms with E-state index in [1.807, 2.05) is 0 Å². The minimum Gasteiger partial charge on any atom is -0.274 e. The van der Waals surface area contributed by atoms with Gasteiger partial charge in [-0.2, -0.15) is 0 Å². The summed E-state index contributed by atoms with van der Waals surface area (Å²) < 4.78 is 25.8. The van der Waals surface area contributed by atoms with Crippen molar-refractivity contribution in [3.05, 3.63) is 0 Å². The van der Waals surface area contributed by atoms with Crippen molar-refractivity contribution in [3.8, 4) is 0 Å². The predicted molar refractivity (Wildman–Crippen MR) is 75.1 cm³/mol. The Kier molecular flexibility index (Phi) is 4.87. The molecule has 5 heteroatoms. The summed E-state index contributed by atoms with van der Waals surface area (Å²) in [4.78, 5) is 12.2. The molecule has 19 heavy (non-hydrogen) atoms. The molecule has 2 aliphatic rings. The van der Waals surface area contributed by atoms with E-state index >= 15 is 0 Å². The molecule has 0 N–H and O–H groups in total. The van der Waals surface area contributed by atoms with Crippen molar-refractivity contribution in [2.45, 2.75) is 70.8 Å². The second-order valence-corrected chi connectivity index (χ2v) is 7.94. The summed E-state index contributed by atoms with van der Waals surface area (Å²) in [6, 6.07) is -0.0692. The highest BCUT2D eigenvalue weighted by Gasteiger charge is 2.38. The lowest BCUT2D eigenvalue weighted by Gasteiger charge is -2.36. The lowest BCUT2D eigenvalue weighted by atomic mass is 9.82. The molecule has 1 saturated heterocycles. The number of carbonyl (C=O) groups is 1. The van der Waals surface area contributed by atoms with Gasteiger partial charge in [-0.3, -0.25) is 4.79 Å². The summed E-state index contributed by atoms with van der Waals surface area (Å²) in [6.07, 6.45) is 8.81. The number of hydrogen-bond donors (Lipinski definition) is 0. The number of hydrogen-bond acceptors (Lipinski definition) is 3. The van der Waals surface area contributed by atoms with E-state index in [0.29, 0.717) is 12.3 Å². The van der Waals surface area contributed by atoms with Gasteiger partial charge >= 0.3 is 0 Å². The molecule has 1 saturated carbocycles. The van der Waals surface area contributed by atoms with E-state index in [1.165, 1.54) is 23.6 Å². The summed E-state index contributed by atoms with van der Waals surface area (Å²) in [7, 11) is -3.41. The Hall–Kier alpha value is -0.580. The first-order valence-electron chi connectivity index (χ1n) is 7.61. The molecule has 0 bridgehead atoms. The van der Waals surface area contributed by atoms with Crippen LogP contribution < -0.4 is 0 Å². The summed E-state index contributed by atoms with van der Waals surface area (Å²) in [5.74, 6) is 0.245. The second-order valence-electron chi connectivity index (χ2n) is 5.80. The Bertz CT molecular complexity index is 412. The van der Waals surface area contributed by atoms with Crippen LogP contribution in [0.5, 0.6) is 0 Å². The Labute approximate surface area is 116 Å². The average molecular weight is 287 g/mol. The maximum atomic E-state index is 12.3. The van der Waals surface area contributed by atoms with E-state index in [0.717, 1.165) is 32.1 Å². The van der Waals surface area contributed by atoms with Crippen LogP contribution in [0.15, 0.2) is 0 Å². The Morgan fingerprint density at radius 2 is 1.68 bits per heavy atom. The minimum absolute atomic E-state index is 0.0297. The van der Waals surface area contributed by atoms with Crippen LogP contribution in [-0.2, 0) is 14.8 Å². The molecule has 0 aromatic rings. The fraction of sp³-hybridized carbons (Fsp3) is 0.929. The van der Waals surface area contributed by atoms with Crippen molar-refractivity contribution >= 4 is 15.9 Å². The zero-order valence-corrected chi connectivity index (χ0v) is 12.6. The van der Waals surface area contributed by atoms with Gasteiger partial charge in [-0.1, -0.05) is 25.7 Å². The fourth-order valence-corrected chi connectivity index (χ4v) is 4.86. The Morgan fingerprint density at radius 1 is 1.05 bits per heavy atom. The second kappa shape index (κ2) is 6.25. The monoisotopic (exact) mass is 287 g/mol. The van der Waals surface area contributed by atoms with Crippen molar-refractivity contribution in [3.63, 3.8) is 0 Å². The van der Waals surface area contributed by atoms with Gasteiger partial charge in [0, 0.05) is 6.42 Å². The predicted octanol–water partition coefficient (Wildman–Crippen LogP) is 2.69. The van der Waals surface area contributed by atoms with E-state index in [1.54, 1.807) is 6.92 Å². The van der Waals surface area contributed by atoms with Gasteiger partial charge in [0.25, 0.3) is 0 Å². The highest BCUT2D eigenvalue weighted by molar-refractivity contribution is 7.89. The first-order chi connectivity index (χ1) is 9.06. The Balaban J connectivity index is 2.26. The molecule has 1 amide bonds. The van der Waals surface area contributed by atoms with Crippen LogP contribution in [0, 0.1) is 5.92 Å². The maximum absolute atomic E-state index is 12.3. The molecule has 1 unspecified atom stereocenters. The van der Waals surface area contributed by atoms with Crippen molar-refractivity contribution in [2.24, 2.45) is 5.92 Å². The lowest BCUT2D eigenvalue weighted by Crippen LogP contribution is -2.48. The third-order valence-corrected chi connectivity index (χ3v) is 6.35. The van der Waals surface area contributed by atoms with Crippen LogP contribution in [0.1, 0.15) is 64.7 Å². The van der Waals surface area contributed by atoms with Crippen LogP contribution in [0.25, 0.3) is 0 Å². The van der Waals surface area contributed by atoms with E-state index in [4.69, 9.17) is 0 Å². The van der Waals surface area contributed by atoms with Gasteiger partial charge in [-0.05, 0) is 38.5 Å². The summed E-state index contributed by atoms with van der Waals surface area (Å²) >= 11 is 0. The molecule has 4 nitrogen and oxygen atoms in total. The van der Waals surface area contributed by atoms with Crippen LogP contribution in [0.2, 0.25) is 0 Å². The minimum atomic E-state index is -3.41. The summed E-state index contributed by atoms with van der Waals surface area (Å²) in [6.45, 7) is 1.63. The third kappa shape index (κ3) is 3.30. The molecule has 110 valence electrons. The van der Waals surface area contributed by atoms with Gasteiger partial charge in [0.1, 0.15) is 0 Å². The molecule has 0 aromatic heterocycles. The molecule has 2 fully saturated rings. The Morgan fingerprint density at radius 3 is 2.32 bits per heavy atom. The van der Waals surface area contributed by atoms with Gasteiger partial charge < -0.3 is 0 Å². The molecule has 1 aliphatic heterocycles. The fourth-order valence-electron chi connectivity index (χ4n) is 3.49. The van der Waals surface area contributed by atoms with Gasteiger partial charge in [0.2, 0.25) is 15.9 Å². The van der Waals surface area contributed by atoms with Crippen LogP contribution in [0.4, 0.5) is 0 Å². The van der Waals surface area contributed by atoms with E-state index in [9.17, 15) is 13.2 Å². The van der Waals surface area contributed by atoms with Crippen molar-refractivity contribution in [2.75, 3.05) is 5.75 Å². The zero-order valence-electron chi connectivity index (χ0n) is 11.8. The van der Waals surface area contributed by atoms with Crippen molar-refractivity contribution in [1.82, 2.24) is 4.31 Å². The van der Waals surface area contributed by atoms with Gasteiger partial charge in [-0.25, -0.2) is 12.7 Å². The molecular formula is C14H25NO3S. The quantitative estimate of drug-likeness (QED) is 0.802. The molecule has 0 aromatic carbocycles. The van der Waals surface area contributed by atoms with Gasteiger partial charge in [0.05, 0.1) is 11.8 Å². The smallest absolute Gasteiger partial charge is 0.237 e. The molecule has 1 atom stereocenters. The normalized spacial score (nSPS) is 27.3. The number of nitrogens with zero attached hydrogens (tertiary/aromatic N) is 1. The summed E-state index contributed by atoms with van der Waals surface area (Å²) in [5, 5.41) is 0. The number of rotatable bonds is 3.